The van der Waals surface area contributed by atoms with E-state index in [1.165, 1.54) is 4.57 Å². The lowest BCUT2D eigenvalue weighted by Gasteiger charge is -2.28. The van der Waals surface area contributed by atoms with Crippen LogP contribution in [0.3, 0.4) is 0 Å². The van der Waals surface area contributed by atoms with E-state index in [0.717, 1.165) is 5.56 Å². The van der Waals surface area contributed by atoms with E-state index in [2.05, 4.69) is 10.3 Å². The second kappa shape index (κ2) is 10.9. The number of carbonyl (C=O) groups is 1. The molecule has 2 rings (SSSR count). The molecule has 0 spiro atoms. The first-order valence-electron chi connectivity index (χ1n) is 10.5. The summed E-state index contributed by atoms with van der Waals surface area (Å²) in [6, 6.07) is 4.70. The van der Waals surface area contributed by atoms with Gasteiger partial charge in [-0.25, -0.2) is 4.79 Å². The Hall–Kier alpha value is -2.45. The van der Waals surface area contributed by atoms with Crippen LogP contribution in [0.4, 0.5) is 11.5 Å². The number of H-pyrrole nitrogens is 1. The Labute approximate surface area is 197 Å². The molecule has 0 aliphatic rings. The van der Waals surface area contributed by atoms with E-state index in [0.29, 0.717) is 23.1 Å². The Morgan fingerprint density at radius 2 is 1.81 bits per heavy atom. The Kier molecular flexibility index (Phi) is 8.81. The number of nitrogens with one attached hydrogen (secondary N) is 2. The SMILES string of the molecule is CC(C)CN(CC(=O)NC(C)c1ccc(Cl)cc1Cl)c1c(N)n(CC(C)C)c(=O)[nH]c1=O. The number of aromatic nitrogens is 2. The van der Waals surface area contributed by atoms with Crippen LogP contribution in [0.2, 0.25) is 10.0 Å². The van der Waals surface area contributed by atoms with E-state index in [9.17, 15) is 14.4 Å². The number of nitrogens with zero attached hydrogens (tertiary/aromatic N) is 2. The number of carbonyl (C=O) groups excluding carboxylic acids is 1. The Bertz CT molecular complexity index is 1080. The van der Waals surface area contributed by atoms with Gasteiger partial charge in [0, 0.05) is 23.1 Å². The Balaban J connectivity index is 2.34. The van der Waals surface area contributed by atoms with E-state index >= 15 is 0 Å². The smallest absolute Gasteiger partial charge is 0.330 e. The maximum atomic E-state index is 12.9. The number of anilines is 2. The third kappa shape index (κ3) is 6.53. The summed E-state index contributed by atoms with van der Waals surface area (Å²) in [7, 11) is 0. The summed E-state index contributed by atoms with van der Waals surface area (Å²) in [4.78, 5) is 41.8. The van der Waals surface area contributed by atoms with Gasteiger partial charge >= 0.3 is 5.69 Å². The van der Waals surface area contributed by atoms with Crippen LogP contribution in [0.15, 0.2) is 27.8 Å². The molecule has 0 aliphatic carbocycles. The zero-order chi connectivity index (χ0) is 24.2. The largest absolute Gasteiger partial charge is 0.383 e. The first-order valence-corrected chi connectivity index (χ1v) is 11.3. The average molecular weight is 484 g/mol. The number of amides is 1. The molecule has 0 saturated heterocycles. The summed E-state index contributed by atoms with van der Waals surface area (Å²) in [5, 5.41) is 3.85. The van der Waals surface area contributed by atoms with Crippen molar-refractivity contribution in [1.29, 1.82) is 0 Å². The molecular weight excluding hydrogens is 453 g/mol. The number of hydrogen-bond acceptors (Lipinski definition) is 5. The molecule has 32 heavy (non-hydrogen) atoms. The third-order valence-electron chi connectivity index (χ3n) is 4.80. The van der Waals surface area contributed by atoms with Crippen LogP contribution < -0.4 is 27.2 Å². The fourth-order valence-corrected chi connectivity index (χ4v) is 4.07. The highest BCUT2D eigenvalue weighted by molar-refractivity contribution is 6.35. The van der Waals surface area contributed by atoms with Crippen molar-refractivity contribution in [3.8, 4) is 0 Å². The molecule has 4 N–H and O–H groups in total. The number of aromatic amines is 1. The van der Waals surface area contributed by atoms with Crippen molar-refractivity contribution < 1.29 is 4.79 Å². The van der Waals surface area contributed by atoms with E-state index in [1.54, 1.807) is 23.1 Å². The summed E-state index contributed by atoms with van der Waals surface area (Å²) < 4.78 is 1.34. The molecular formula is C22H31Cl2N5O3. The van der Waals surface area contributed by atoms with Crippen LogP contribution in [-0.4, -0.2) is 28.5 Å². The van der Waals surface area contributed by atoms with E-state index in [4.69, 9.17) is 28.9 Å². The minimum absolute atomic E-state index is 0.0506. The quantitative estimate of drug-likeness (QED) is 0.505. The normalized spacial score (nSPS) is 12.3. The maximum Gasteiger partial charge on any atom is 0.330 e. The van der Waals surface area contributed by atoms with Crippen molar-refractivity contribution in [3.63, 3.8) is 0 Å². The second-order valence-corrected chi connectivity index (χ2v) is 9.57. The lowest BCUT2D eigenvalue weighted by molar-refractivity contribution is -0.120. The molecule has 1 heterocycles. The fraction of sp³-hybridized carbons (Fsp3) is 0.500. The van der Waals surface area contributed by atoms with Crippen LogP contribution in [0, 0.1) is 11.8 Å². The highest BCUT2D eigenvalue weighted by Gasteiger charge is 2.23. The molecule has 10 heteroatoms. The third-order valence-corrected chi connectivity index (χ3v) is 5.37. The van der Waals surface area contributed by atoms with Gasteiger partial charge in [-0.3, -0.25) is 19.1 Å². The van der Waals surface area contributed by atoms with Gasteiger partial charge in [-0.1, -0.05) is 57.0 Å². The summed E-state index contributed by atoms with van der Waals surface area (Å²) in [5.74, 6) is 0.00931. The molecule has 1 atom stereocenters. The number of rotatable bonds is 9. The van der Waals surface area contributed by atoms with Crippen LogP contribution >= 0.6 is 23.2 Å². The summed E-state index contributed by atoms with van der Waals surface area (Å²) >= 11 is 12.2. The topological polar surface area (TPSA) is 113 Å². The summed E-state index contributed by atoms with van der Waals surface area (Å²) in [6.07, 6.45) is 0. The number of benzene rings is 1. The summed E-state index contributed by atoms with van der Waals surface area (Å²) in [5.41, 5.74) is 5.91. The molecule has 1 aromatic heterocycles. The fourth-order valence-electron chi connectivity index (χ4n) is 3.50. The van der Waals surface area contributed by atoms with Crippen molar-refractivity contribution in [2.45, 2.75) is 47.2 Å². The minimum atomic E-state index is -0.616. The van der Waals surface area contributed by atoms with E-state index in [-0.39, 0.29) is 41.8 Å². The predicted molar refractivity (Wildman–Crippen MR) is 131 cm³/mol. The molecule has 8 nitrogen and oxygen atoms in total. The highest BCUT2D eigenvalue weighted by Crippen LogP contribution is 2.26. The van der Waals surface area contributed by atoms with E-state index in [1.807, 2.05) is 34.6 Å². The monoisotopic (exact) mass is 483 g/mol. The predicted octanol–water partition coefficient (Wildman–Crippen LogP) is 3.42. The molecule has 2 aromatic rings. The molecule has 1 aromatic carbocycles. The molecule has 0 saturated carbocycles. The molecule has 176 valence electrons. The van der Waals surface area contributed by atoms with Crippen molar-refractivity contribution in [1.82, 2.24) is 14.9 Å². The lowest BCUT2D eigenvalue weighted by Crippen LogP contribution is -2.45. The van der Waals surface area contributed by atoms with Gasteiger partial charge in [0.15, 0.2) is 0 Å². The van der Waals surface area contributed by atoms with Gasteiger partial charge < -0.3 is 16.0 Å². The lowest BCUT2D eigenvalue weighted by atomic mass is 10.1. The maximum absolute atomic E-state index is 12.9. The minimum Gasteiger partial charge on any atom is -0.383 e. The first-order chi connectivity index (χ1) is 14.9. The van der Waals surface area contributed by atoms with Crippen molar-refractivity contribution in [2.24, 2.45) is 11.8 Å². The first kappa shape index (κ1) is 25.8. The van der Waals surface area contributed by atoms with Gasteiger partial charge in [-0.15, -0.1) is 0 Å². The van der Waals surface area contributed by atoms with Gasteiger partial charge in [0.25, 0.3) is 5.56 Å². The van der Waals surface area contributed by atoms with Gasteiger partial charge in [-0.05, 0) is 36.5 Å². The average Bonchev–Trinajstić information content (AvgIpc) is 2.63. The second-order valence-electron chi connectivity index (χ2n) is 8.73. The molecule has 0 radical (unpaired) electrons. The molecule has 0 bridgehead atoms. The molecule has 0 fully saturated rings. The Morgan fingerprint density at radius 1 is 1.16 bits per heavy atom. The van der Waals surface area contributed by atoms with Gasteiger partial charge in [0.05, 0.1) is 12.6 Å². The number of halogens is 2. The van der Waals surface area contributed by atoms with Crippen LogP contribution in [0.25, 0.3) is 0 Å². The van der Waals surface area contributed by atoms with Gasteiger partial charge in [0.1, 0.15) is 11.5 Å². The molecule has 1 unspecified atom stereocenters. The number of nitrogen functional groups attached to an aromatic ring is 1. The molecule has 0 aliphatic heterocycles. The van der Waals surface area contributed by atoms with Gasteiger partial charge in [0.2, 0.25) is 5.91 Å². The molecule has 1 amide bonds. The number of nitrogens with two attached hydrogens (primary N) is 1. The zero-order valence-corrected chi connectivity index (χ0v) is 20.5. The van der Waals surface area contributed by atoms with Crippen LogP contribution in [0.5, 0.6) is 0 Å². The summed E-state index contributed by atoms with van der Waals surface area (Å²) in [6.45, 7) is 10.3. The van der Waals surface area contributed by atoms with Crippen molar-refractivity contribution >= 4 is 40.6 Å². The highest BCUT2D eigenvalue weighted by atomic mass is 35.5. The van der Waals surface area contributed by atoms with Crippen LogP contribution in [0.1, 0.15) is 46.2 Å². The number of hydrogen-bond donors (Lipinski definition) is 3. The zero-order valence-electron chi connectivity index (χ0n) is 19.0. The Morgan fingerprint density at radius 3 is 2.38 bits per heavy atom. The van der Waals surface area contributed by atoms with Gasteiger partial charge in [-0.2, -0.15) is 0 Å². The van der Waals surface area contributed by atoms with Crippen LogP contribution in [-0.2, 0) is 11.3 Å². The standard InChI is InChI=1S/C22H31Cl2N5O3/c1-12(2)9-28(19-20(25)29(10-13(3)4)22(32)27-21(19)31)11-18(30)26-14(5)16-7-6-15(23)8-17(16)24/h6-8,12-14H,9-11,25H2,1-5H3,(H,26,30)(H,27,31,32). The van der Waals surface area contributed by atoms with E-state index < -0.39 is 11.2 Å². The van der Waals surface area contributed by atoms with Crippen molar-refractivity contribution in [2.75, 3.05) is 23.7 Å². The van der Waals surface area contributed by atoms with Crippen molar-refractivity contribution in [3.05, 3.63) is 54.6 Å².